The summed E-state index contributed by atoms with van der Waals surface area (Å²) in [5.41, 5.74) is 2.82. The third-order valence-corrected chi connectivity index (χ3v) is 3.09. The predicted molar refractivity (Wildman–Crippen MR) is 71.9 cm³/mol. The number of benzene rings is 1. The fraction of sp³-hybridized carbons (Fsp3) is 0.600. The Kier molecular flexibility index (Phi) is 5.54. The number of nitrogens with one attached hydrogen (secondary N) is 1. The van der Waals surface area contributed by atoms with Crippen LogP contribution in [0.1, 0.15) is 43.7 Å². The van der Waals surface area contributed by atoms with Gasteiger partial charge in [-0.05, 0) is 37.8 Å². The van der Waals surface area contributed by atoms with Crippen LogP contribution in [0.3, 0.4) is 0 Å². The molecular formula is C15H25N. The Hall–Kier alpha value is -0.820. The van der Waals surface area contributed by atoms with E-state index in [0.717, 1.165) is 12.5 Å². The molecule has 1 unspecified atom stereocenters. The van der Waals surface area contributed by atoms with Crippen LogP contribution >= 0.6 is 0 Å². The minimum Gasteiger partial charge on any atom is -0.319 e. The highest BCUT2D eigenvalue weighted by molar-refractivity contribution is 5.24. The van der Waals surface area contributed by atoms with Crippen molar-refractivity contribution in [2.24, 2.45) is 5.92 Å². The minimum atomic E-state index is 0.660. The van der Waals surface area contributed by atoms with E-state index in [1.165, 1.54) is 24.0 Å². The molecule has 0 fully saturated rings. The van der Waals surface area contributed by atoms with Crippen molar-refractivity contribution in [1.82, 2.24) is 5.32 Å². The molecule has 90 valence electrons. The number of aryl methyl sites for hydroxylation is 1. The first kappa shape index (κ1) is 13.2. The van der Waals surface area contributed by atoms with Crippen LogP contribution in [0.2, 0.25) is 0 Å². The van der Waals surface area contributed by atoms with Crippen LogP contribution < -0.4 is 5.32 Å². The average Bonchev–Trinajstić information content (AvgIpc) is 2.25. The molecule has 1 rings (SSSR count). The first-order valence-electron chi connectivity index (χ1n) is 6.34. The van der Waals surface area contributed by atoms with E-state index < -0.39 is 0 Å². The maximum atomic E-state index is 3.30. The van der Waals surface area contributed by atoms with Crippen molar-refractivity contribution < 1.29 is 0 Å². The van der Waals surface area contributed by atoms with E-state index in [1.54, 1.807) is 0 Å². The van der Waals surface area contributed by atoms with Gasteiger partial charge in [0.1, 0.15) is 0 Å². The summed E-state index contributed by atoms with van der Waals surface area (Å²) >= 11 is 0. The van der Waals surface area contributed by atoms with E-state index in [1.807, 2.05) is 7.05 Å². The standard InChI is InChI=1S/C15H25N/c1-12(2)5-8-15(11-16-4)14-9-6-13(3)7-10-14/h6-7,9-10,12,15-16H,5,8,11H2,1-4H3. The van der Waals surface area contributed by atoms with Gasteiger partial charge in [-0.15, -0.1) is 0 Å². The van der Waals surface area contributed by atoms with Gasteiger partial charge in [-0.3, -0.25) is 0 Å². The zero-order valence-electron chi connectivity index (χ0n) is 11.1. The van der Waals surface area contributed by atoms with Gasteiger partial charge in [0.25, 0.3) is 0 Å². The van der Waals surface area contributed by atoms with Crippen molar-refractivity contribution >= 4 is 0 Å². The Morgan fingerprint density at radius 3 is 2.19 bits per heavy atom. The topological polar surface area (TPSA) is 12.0 Å². The van der Waals surface area contributed by atoms with Crippen molar-refractivity contribution in [3.8, 4) is 0 Å². The first-order chi connectivity index (χ1) is 7.63. The lowest BCUT2D eigenvalue weighted by Crippen LogP contribution is -2.17. The summed E-state index contributed by atoms with van der Waals surface area (Å²) in [6.45, 7) is 7.82. The third-order valence-electron chi connectivity index (χ3n) is 3.09. The molecule has 1 aromatic carbocycles. The number of rotatable bonds is 6. The molecule has 0 bridgehead atoms. The van der Waals surface area contributed by atoms with Crippen molar-refractivity contribution in [3.05, 3.63) is 35.4 Å². The summed E-state index contributed by atoms with van der Waals surface area (Å²) in [6.07, 6.45) is 2.59. The largest absolute Gasteiger partial charge is 0.319 e. The van der Waals surface area contributed by atoms with E-state index in [4.69, 9.17) is 0 Å². The maximum absolute atomic E-state index is 3.30. The van der Waals surface area contributed by atoms with Gasteiger partial charge < -0.3 is 5.32 Å². The van der Waals surface area contributed by atoms with Gasteiger partial charge in [-0.25, -0.2) is 0 Å². The quantitative estimate of drug-likeness (QED) is 0.768. The predicted octanol–water partition coefficient (Wildman–Crippen LogP) is 3.73. The van der Waals surface area contributed by atoms with Crippen molar-refractivity contribution in [2.75, 3.05) is 13.6 Å². The fourth-order valence-electron chi connectivity index (χ4n) is 2.01. The fourth-order valence-corrected chi connectivity index (χ4v) is 2.01. The smallest absolute Gasteiger partial charge is 0.00171 e. The molecule has 1 atom stereocenters. The highest BCUT2D eigenvalue weighted by atomic mass is 14.8. The Morgan fingerprint density at radius 1 is 1.06 bits per heavy atom. The van der Waals surface area contributed by atoms with Crippen LogP contribution in [0.5, 0.6) is 0 Å². The van der Waals surface area contributed by atoms with E-state index >= 15 is 0 Å². The molecule has 0 radical (unpaired) electrons. The van der Waals surface area contributed by atoms with Crippen LogP contribution in [0, 0.1) is 12.8 Å². The third kappa shape index (κ3) is 4.36. The lowest BCUT2D eigenvalue weighted by molar-refractivity contribution is 0.487. The summed E-state index contributed by atoms with van der Waals surface area (Å²) in [6, 6.07) is 8.98. The molecule has 0 aliphatic carbocycles. The van der Waals surface area contributed by atoms with Crippen molar-refractivity contribution in [2.45, 2.75) is 39.5 Å². The molecule has 0 heterocycles. The van der Waals surface area contributed by atoms with E-state index in [-0.39, 0.29) is 0 Å². The zero-order valence-corrected chi connectivity index (χ0v) is 11.1. The van der Waals surface area contributed by atoms with E-state index in [9.17, 15) is 0 Å². The molecule has 0 aliphatic rings. The van der Waals surface area contributed by atoms with Gasteiger partial charge in [0.05, 0.1) is 0 Å². The molecule has 0 saturated carbocycles. The number of likely N-dealkylation sites (N-methyl/N-ethyl adjacent to an activating group) is 1. The van der Waals surface area contributed by atoms with Crippen LogP contribution in [0.4, 0.5) is 0 Å². The van der Waals surface area contributed by atoms with E-state index in [2.05, 4.69) is 50.4 Å². The van der Waals surface area contributed by atoms with Crippen LogP contribution in [0.25, 0.3) is 0 Å². The molecule has 1 N–H and O–H groups in total. The second-order valence-electron chi connectivity index (χ2n) is 5.14. The van der Waals surface area contributed by atoms with Crippen molar-refractivity contribution in [1.29, 1.82) is 0 Å². The van der Waals surface area contributed by atoms with Crippen LogP contribution in [-0.4, -0.2) is 13.6 Å². The van der Waals surface area contributed by atoms with Gasteiger partial charge in [-0.2, -0.15) is 0 Å². The van der Waals surface area contributed by atoms with Gasteiger partial charge in [0.15, 0.2) is 0 Å². The molecule has 0 saturated heterocycles. The molecule has 1 heteroatoms. The summed E-state index contributed by atoms with van der Waals surface area (Å²) in [7, 11) is 2.04. The summed E-state index contributed by atoms with van der Waals surface area (Å²) in [5.74, 6) is 1.46. The van der Waals surface area contributed by atoms with Gasteiger partial charge in [0, 0.05) is 6.54 Å². The number of hydrogen-bond acceptors (Lipinski definition) is 1. The summed E-state index contributed by atoms with van der Waals surface area (Å²) in [4.78, 5) is 0. The Morgan fingerprint density at radius 2 is 1.69 bits per heavy atom. The highest BCUT2D eigenvalue weighted by Gasteiger charge is 2.11. The van der Waals surface area contributed by atoms with Gasteiger partial charge in [0.2, 0.25) is 0 Å². The number of hydrogen-bond donors (Lipinski definition) is 1. The highest BCUT2D eigenvalue weighted by Crippen LogP contribution is 2.23. The molecule has 1 nitrogen and oxygen atoms in total. The average molecular weight is 219 g/mol. The molecule has 0 amide bonds. The molecule has 16 heavy (non-hydrogen) atoms. The lowest BCUT2D eigenvalue weighted by Gasteiger charge is -2.18. The van der Waals surface area contributed by atoms with Crippen LogP contribution in [0.15, 0.2) is 24.3 Å². The molecule has 0 aromatic heterocycles. The normalized spacial score (nSPS) is 13.1. The summed E-state index contributed by atoms with van der Waals surface area (Å²) in [5, 5.41) is 3.30. The van der Waals surface area contributed by atoms with Crippen LogP contribution in [-0.2, 0) is 0 Å². The Balaban J connectivity index is 2.64. The Labute approximate surface area is 100 Å². The molecular weight excluding hydrogens is 194 g/mol. The SMILES string of the molecule is CNCC(CCC(C)C)c1ccc(C)cc1. The second-order valence-corrected chi connectivity index (χ2v) is 5.14. The summed E-state index contributed by atoms with van der Waals surface area (Å²) < 4.78 is 0. The van der Waals surface area contributed by atoms with E-state index in [0.29, 0.717) is 5.92 Å². The van der Waals surface area contributed by atoms with Crippen molar-refractivity contribution in [3.63, 3.8) is 0 Å². The van der Waals surface area contributed by atoms with Gasteiger partial charge in [-0.1, -0.05) is 50.1 Å². The molecule has 1 aromatic rings. The zero-order chi connectivity index (χ0) is 12.0. The second kappa shape index (κ2) is 6.70. The van der Waals surface area contributed by atoms with Gasteiger partial charge >= 0.3 is 0 Å². The first-order valence-corrected chi connectivity index (χ1v) is 6.34. The lowest BCUT2D eigenvalue weighted by atomic mass is 9.91. The maximum Gasteiger partial charge on any atom is 0.00171 e. The Bertz CT molecular complexity index is 287. The minimum absolute atomic E-state index is 0.660. The monoisotopic (exact) mass is 219 g/mol. The molecule has 0 aliphatic heterocycles. The molecule has 0 spiro atoms.